The number of carbonyl (C=O) groups excluding carboxylic acids is 1. The van der Waals surface area contributed by atoms with Crippen LogP contribution in [0, 0.1) is 6.07 Å². The molecular formula is C34H37IrNO2. The molecule has 1 aliphatic rings. The molecule has 0 unspecified atom stereocenters. The maximum absolute atomic E-state index is 8.40. The SMILES string of the molecule is CC(=[OH+])/C=C(/C)O.CCc1ccccc1C(C)(C)c1cc[c-]c(-c2cc3c4c(cccc4n2)CCC3)c1.[Ir]. The summed E-state index contributed by atoms with van der Waals surface area (Å²) in [4.78, 5) is 13.5. The topological polar surface area (TPSA) is 54.5 Å². The Kier molecular flexibility index (Phi) is 9.82. The Morgan fingerprint density at radius 3 is 2.45 bits per heavy atom. The fraction of sp³-hybridized carbons (Fsp3) is 0.294. The fourth-order valence-electron chi connectivity index (χ4n) is 5.36. The van der Waals surface area contributed by atoms with Crippen molar-refractivity contribution in [1.82, 2.24) is 4.98 Å². The molecule has 4 aromatic rings. The van der Waals surface area contributed by atoms with Gasteiger partial charge in [0.25, 0.3) is 0 Å². The van der Waals surface area contributed by atoms with Crippen molar-refractivity contribution in [3.8, 4) is 11.3 Å². The van der Waals surface area contributed by atoms with Gasteiger partial charge in [-0.2, -0.15) is 0 Å². The van der Waals surface area contributed by atoms with E-state index in [9.17, 15) is 0 Å². The Balaban J connectivity index is 0.000000444. The number of hydrogen-bond donors (Lipinski definition) is 1. The normalized spacial score (nSPS) is 12.8. The summed E-state index contributed by atoms with van der Waals surface area (Å²) in [6.07, 6.45) is 5.85. The zero-order valence-electron chi connectivity index (χ0n) is 22.9. The molecule has 1 heterocycles. The second kappa shape index (κ2) is 12.7. The van der Waals surface area contributed by atoms with E-state index < -0.39 is 0 Å². The molecule has 0 fully saturated rings. The third-order valence-corrected chi connectivity index (χ3v) is 7.18. The van der Waals surface area contributed by atoms with Crippen molar-refractivity contribution in [2.75, 3.05) is 0 Å². The zero-order chi connectivity index (χ0) is 26.6. The number of benzene rings is 3. The van der Waals surface area contributed by atoms with Crippen LogP contribution in [-0.2, 0) is 44.8 Å². The van der Waals surface area contributed by atoms with E-state index in [1.807, 2.05) is 0 Å². The van der Waals surface area contributed by atoms with E-state index in [0.717, 1.165) is 36.0 Å². The van der Waals surface area contributed by atoms with Gasteiger partial charge in [-0.25, -0.2) is 0 Å². The third-order valence-electron chi connectivity index (χ3n) is 7.18. The molecule has 5 rings (SSSR count). The third kappa shape index (κ3) is 6.49. The van der Waals surface area contributed by atoms with E-state index >= 15 is 0 Å². The fourth-order valence-corrected chi connectivity index (χ4v) is 5.36. The summed E-state index contributed by atoms with van der Waals surface area (Å²) in [7, 11) is 0. The van der Waals surface area contributed by atoms with E-state index in [1.54, 1.807) is 0 Å². The van der Waals surface area contributed by atoms with Gasteiger partial charge in [0.1, 0.15) is 0 Å². The molecule has 1 radical (unpaired) electrons. The van der Waals surface area contributed by atoms with E-state index in [4.69, 9.17) is 14.9 Å². The predicted octanol–water partition coefficient (Wildman–Crippen LogP) is 8.09. The van der Waals surface area contributed by atoms with Gasteiger partial charge in [-0.15, -0.1) is 35.4 Å². The zero-order valence-corrected chi connectivity index (χ0v) is 25.3. The molecule has 0 amide bonds. The number of aliphatic hydroxyl groups is 1. The molecule has 3 nitrogen and oxygen atoms in total. The number of allylic oxidation sites excluding steroid dienone is 2. The second-order valence-electron chi connectivity index (χ2n) is 10.4. The molecule has 0 saturated carbocycles. The Bertz CT molecular complexity index is 1460. The van der Waals surface area contributed by atoms with Crippen LogP contribution in [0.2, 0.25) is 0 Å². The van der Waals surface area contributed by atoms with E-state index in [1.165, 1.54) is 59.5 Å². The van der Waals surface area contributed by atoms with Crippen molar-refractivity contribution in [1.29, 1.82) is 0 Å². The Hall–Kier alpha value is -3.07. The van der Waals surface area contributed by atoms with Crippen LogP contribution >= 0.6 is 0 Å². The number of hydrogen-bond acceptors (Lipinski definition) is 2. The molecular weight excluding hydrogens is 647 g/mol. The summed E-state index contributed by atoms with van der Waals surface area (Å²) >= 11 is 0. The van der Waals surface area contributed by atoms with Gasteiger partial charge in [-0.3, -0.25) is 9.78 Å². The first kappa shape index (κ1) is 29.5. The molecule has 0 bridgehead atoms. The first-order valence-corrected chi connectivity index (χ1v) is 13.1. The minimum absolute atomic E-state index is 0. The number of aromatic nitrogens is 1. The van der Waals surface area contributed by atoms with Gasteiger partial charge in [0.2, 0.25) is 0 Å². The molecule has 38 heavy (non-hydrogen) atoms. The van der Waals surface area contributed by atoms with Crippen LogP contribution < -0.4 is 0 Å². The van der Waals surface area contributed by atoms with Gasteiger partial charge in [0.15, 0.2) is 0 Å². The van der Waals surface area contributed by atoms with Crippen molar-refractivity contribution in [2.24, 2.45) is 0 Å². The molecule has 1 aromatic heterocycles. The minimum atomic E-state index is -0.0747. The first-order valence-electron chi connectivity index (χ1n) is 13.1. The van der Waals surface area contributed by atoms with Crippen LogP contribution in [0.5, 0.6) is 0 Å². The van der Waals surface area contributed by atoms with Crippen LogP contribution in [0.15, 0.2) is 78.6 Å². The number of aryl methyl sites for hydroxylation is 3. The average molecular weight is 684 g/mol. The van der Waals surface area contributed by atoms with Gasteiger partial charge in [-0.05, 0) is 72.0 Å². The smallest absolute Gasteiger partial charge is 0.316 e. The van der Waals surface area contributed by atoms with Crippen molar-refractivity contribution < 1.29 is 30.0 Å². The molecule has 2 N–H and O–H groups in total. The summed E-state index contributed by atoms with van der Waals surface area (Å²) in [6, 6.07) is 27.7. The van der Waals surface area contributed by atoms with Gasteiger partial charge < -0.3 is 5.11 Å². The van der Waals surface area contributed by atoms with E-state index in [2.05, 4.69) is 93.6 Å². The molecule has 3 aromatic carbocycles. The number of rotatable bonds is 5. The molecule has 0 spiro atoms. The molecule has 0 atom stereocenters. The summed E-state index contributed by atoms with van der Waals surface area (Å²) in [5.74, 6) is 0.250. The number of nitrogens with zero attached hydrogens (tertiary/aromatic N) is 1. The van der Waals surface area contributed by atoms with Gasteiger partial charge in [0.05, 0.1) is 24.3 Å². The summed E-state index contributed by atoms with van der Waals surface area (Å²) in [5.41, 5.74) is 10.2. The second-order valence-corrected chi connectivity index (χ2v) is 10.4. The molecule has 0 aliphatic heterocycles. The standard InChI is InChI=1S/C29H28N.C5H8O2.Ir/c1-4-20-10-5-6-16-25(20)29(2,3)24-15-8-13-22(18-24)27-19-23-14-7-11-21-12-9-17-26(30-27)28(21)23;1-4(6)3-5(2)7;/h5-6,8-10,12,15-19H,4,7,11,14H2,1-3H3;3,6H,1-2H3;/q-1;;/p+1/b;4-3-;. The summed E-state index contributed by atoms with van der Waals surface area (Å²) in [6.45, 7) is 9.88. The van der Waals surface area contributed by atoms with Gasteiger partial charge in [0, 0.05) is 25.5 Å². The van der Waals surface area contributed by atoms with Crippen molar-refractivity contribution in [3.05, 3.63) is 112 Å². The van der Waals surface area contributed by atoms with Crippen LogP contribution in [0.3, 0.4) is 0 Å². The molecule has 199 valence electrons. The largest absolute Gasteiger partial charge is 0.512 e. The quantitative estimate of drug-likeness (QED) is 0.100. The first-order chi connectivity index (χ1) is 17.7. The Morgan fingerprint density at radius 1 is 1.03 bits per heavy atom. The predicted molar refractivity (Wildman–Crippen MR) is 155 cm³/mol. The van der Waals surface area contributed by atoms with Crippen molar-refractivity contribution >= 4 is 16.7 Å². The van der Waals surface area contributed by atoms with Crippen LogP contribution in [0.25, 0.3) is 22.2 Å². The van der Waals surface area contributed by atoms with E-state index in [-0.39, 0.29) is 37.1 Å². The number of ketones is 1. The van der Waals surface area contributed by atoms with Crippen LogP contribution in [-0.4, -0.2) is 20.7 Å². The maximum atomic E-state index is 8.40. The van der Waals surface area contributed by atoms with Crippen molar-refractivity contribution in [2.45, 2.75) is 65.7 Å². The van der Waals surface area contributed by atoms with E-state index in [0.29, 0.717) is 0 Å². The monoisotopic (exact) mass is 684 g/mol. The van der Waals surface area contributed by atoms with Crippen molar-refractivity contribution in [3.63, 3.8) is 0 Å². The minimum Gasteiger partial charge on any atom is -0.512 e. The molecule has 1 aliphatic carbocycles. The average Bonchev–Trinajstić information content (AvgIpc) is 2.88. The van der Waals surface area contributed by atoms with Gasteiger partial charge in [-0.1, -0.05) is 63.2 Å². The Labute approximate surface area is 240 Å². The maximum Gasteiger partial charge on any atom is 0.316 e. The number of aliphatic hydroxyl groups excluding tert-OH is 1. The Morgan fingerprint density at radius 2 is 1.76 bits per heavy atom. The van der Waals surface area contributed by atoms with Crippen LogP contribution in [0.1, 0.15) is 68.9 Å². The summed E-state index contributed by atoms with van der Waals surface area (Å²) in [5, 5.41) is 9.78. The summed E-state index contributed by atoms with van der Waals surface area (Å²) < 4.78 is 0. The molecule has 4 heteroatoms. The van der Waals surface area contributed by atoms with Crippen LogP contribution in [0.4, 0.5) is 0 Å². The molecule has 0 saturated heterocycles. The van der Waals surface area contributed by atoms with Gasteiger partial charge >= 0.3 is 5.78 Å². The number of pyridine rings is 1.